The van der Waals surface area contributed by atoms with Crippen LogP contribution in [-0.2, 0) is 39.8 Å². The zero-order chi connectivity index (χ0) is 51.0. The maximum absolute atomic E-state index is 13.9. The number of anilines is 4. The van der Waals surface area contributed by atoms with Gasteiger partial charge in [-0.2, -0.15) is 5.26 Å². The molecule has 6 aromatic rings. The van der Waals surface area contributed by atoms with Gasteiger partial charge in [0.2, 0.25) is 22.0 Å². The number of rotatable bonds is 14. The summed E-state index contributed by atoms with van der Waals surface area (Å²) in [5.74, 6) is -1.63. The van der Waals surface area contributed by atoms with Gasteiger partial charge >= 0.3 is 6.09 Å². The Kier molecular flexibility index (Phi) is 14.5. The van der Waals surface area contributed by atoms with Crippen LogP contribution in [0.25, 0.3) is 33.5 Å². The van der Waals surface area contributed by atoms with Gasteiger partial charge in [-0.15, -0.1) is 0 Å². The number of hydrogen-bond acceptors (Lipinski definition) is 11. The number of nitrogens with one attached hydrogen (secondary N) is 3. The molecule has 18 heteroatoms. The molecule has 0 aliphatic carbocycles. The molecule has 1 aromatic heterocycles. The Morgan fingerprint density at radius 1 is 0.870 bits per heavy atom. The fourth-order valence-electron chi connectivity index (χ4n) is 8.01. The molecule has 5 aromatic carbocycles. The minimum absolute atomic E-state index is 0.0246. The predicted octanol–water partition coefficient (Wildman–Crippen LogP) is 11.1. The fraction of sp³-hybridized carbons (Fsp3) is 0.314. The standard InChI is InChI=1S/C51H55ClN6O9S2/c1-30-24-35(19-16-31(30)25-32(28-53)47-55-41-26-33(17-22-42(41)66-47)51(8,9)29-49(2,3)4)58(10)48(61)67-44(45(59)50(5,6)7)46(60)54-40-27-34(18-20-38(40)52)56-69(64,65)43-23-21-39(57-68(11,62)63)36-14-12-13-15-37(36)43/h12-27,44,56-57H,29H2,1-11H3,(H,54,60)/b32-25+. The van der Waals surface area contributed by atoms with E-state index in [9.17, 15) is 36.5 Å². The highest BCUT2D eigenvalue weighted by atomic mass is 35.5. The lowest BCUT2D eigenvalue weighted by Gasteiger charge is -2.32. The third-order valence-corrected chi connectivity index (χ3v) is 13.4. The summed E-state index contributed by atoms with van der Waals surface area (Å²) >= 11 is 6.47. The number of ether oxygens (including phenoxy) is 1. The van der Waals surface area contributed by atoms with Crippen LogP contribution in [-0.4, -0.2) is 59.0 Å². The van der Waals surface area contributed by atoms with Crippen molar-refractivity contribution in [2.24, 2.45) is 10.8 Å². The fourth-order valence-corrected chi connectivity index (χ4v) is 10.0. The first-order valence-electron chi connectivity index (χ1n) is 21.7. The first-order chi connectivity index (χ1) is 32.0. The van der Waals surface area contributed by atoms with Crippen molar-refractivity contribution in [2.75, 3.05) is 33.0 Å². The van der Waals surface area contributed by atoms with Crippen molar-refractivity contribution < 1.29 is 40.4 Å². The molecule has 2 amide bonds. The van der Waals surface area contributed by atoms with Gasteiger partial charge in [-0.25, -0.2) is 26.6 Å². The maximum atomic E-state index is 13.9. The molecule has 0 saturated heterocycles. The predicted molar refractivity (Wildman–Crippen MR) is 272 cm³/mol. The minimum atomic E-state index is -4.34. The number of aryl methyl sites for hydroxylation is 1. The van der Waals surface area contributed by atoms with Crippen LogP contribution in [0.4, 0.5) is 27.5 Å². The monoisotopic (exact) mass is 994 g/mol. The number of sulfonamides is 2. The molecular weight excluding hydrogens is 940 g/mol. The highest BCUT2D eigenvalue weighted by molar-refractivity contribution is 7.93. The molecule has 6 rings (SSSR count). The number of ketones is 1. The molecule has 0 saturated carbocycles. The summed E-state index contributed by atoms with van der Waals surface area (Å²) in [6, 6.07) is 25.9. The van der Waals surface area contributed by atoms with Gasteiger partial charge in [-0.3, -0.25) is 23.9 Å². The van der Waals surface area contributed by atoms with Crippen molar-refractivity contribution in [3.05, 3.63) is 119 Å². The number of oxazole rings is 1. The summed E-state index contributed by atoms with van der Waals surface area (Å²) in [5.41, 5.74) is 3.01. The molecule has 362 valence electrons. The van der Waals surface area contributed by atoms with Gasteiger partial charge < -0.3 is 14.5 Å². The molecule has 3 N–H and O–H groups in total. The third kappa shape index (κ3) is 12.3. The lowest BCUT2D eigenvalue weighted by Crippen LogP contribution is -2.46. The maximum Gasteiger partial charge on any atom is 0.415 e. The number of nitrogens with zero attached hydrogens (tertiary/aromatic N) is 3. The van der Waals surface area contributed by atoms with Gasteiger partial charge in [0.05, 0.1) is 33.2 Å². The summed E-state index contributed by atoms with van der Waals surface area (Å²) in [4.78, 5) is 47.0. The number of aromatic nitrogens is 1. The number of halogens is 1. The van der Waals surface area contributed by atoms with E-state index < -0.39 is 49.3 Å². The average Bonchev–Trinajstić information content (AvgIpc) is 3.67. The van der Waals surface area contributed by atoms with Crippen molar-refractivity contribution >= 4 is 106 Å². The summed E-state index contributed by atoms with van der Waals surface area (Å²) in [5, 5.41) is 13.2. The zero-order valence-corrected chi connectivity index (χ0v) is 42.6. The Hall–Kier alpha value is -6.74. The molecule has 0 aliphatic heterocycles. The first kappa shape index (κ1) is 51.6. The number of benzene rings is 5. The Morgan fingerprint density at radius 2 is 1.55 bits per heavy atom. The number of allylic oxidation sites excluding steroid dienone is 1. The van der Waals surface area contributed by atoms with Gasteiger partial charge in [0.15, 0.2) is 11.4 Å². The van der Waals surface area contributed by atoms with Crippen LogP contribution in [0.15, 0.2) is 100 Å². The van der Waals surface area contributed by atoms with E-state index in [0.29, 0.717) is 33.3 Å². The average molecular weight is 996 g/mol. The van der Waals surface area contributed by atoms with Crippen LogP contribution >= 0.6 is 11.6 Å². The molecule has 0 radical (unpaired) electrons. The summed E-state index contributed by atoms with van der Waals surface area (Å²) in [7, 11) is -6.61. The van der Waals surface area contributed by atoms with E-state index in [1.807, 2.05) is 18.2 Å². The molecule has 15 nitrogen and oxygen atoms in total. The quantitative estimate of drug-likeness (QED) is 0.0688. The van der Waals surface area contributed by atoms with Crippen molar-refractivity contribution in [2.45, 2.75) is 85.1 Å². The van der Waals surface area contributed by atoms with E-state index in [-0.39, 0.29) is 54.7 Å². The lowest BCUT2D eigenvalue weighted by atomic mass is 9.72. The molecule has 0 spiro atoms. The molecule has 0 bridgehead atoms. The van der Waals surface area contributed by atoms with Gasteiger partial charge in [0, 0.05) is 28.9 Å². The second-order valence-corrected chi connectivity index (χ2v) is 23.6. The second kappa shape index (κ2) is 19.3. The van der Waals surface area contributed by atoms with E-state index in [0.717, 1.165) is 23.1 Å². The molecular formula is C51H55ClN6O9S2. The van der Waals surface area contributed by atoms with Crippen LogP contribution in [0.5, 0.6) is 0 Å². The highest BCUT2D eigenvalue weighted by Crippen LogP contribution is 2.38. The van der Waals surface area contributed by atoms with Gasteiger partial charge in [-0.1, -0.05) is 103 Å². The first-order valence-corrected chi connectivity index (χ1v) is 25.5. The van der Waals surface area contributed by atoms with Crippen LogP contribution in [0.3, 0.4) is 0 Å². The molecule has 1 unspecified atom stereocenters. The molecule has 0 aliphatic rings. The normalized spacial score (nSPS) is 13.1. The Morgan fingerprint density at radius 3 is 2.17 bits per heavy atom. The number of nitriles is 1. The highest BCUT2D eigenvalue weighted by Gasteiger charge is 2.39. The summed E-state index contributed by atoms with van der Waals surface area (Å²) < 4.78 is 68.1. The van der Waals surface area contributed by atoms with Gasteiger partial charge in [0.25, 0.3) is 15.9 Å². The Bertz CT molecular complexity index is 3330. The van der Waals surface area contributed by atoms with Crippen LogP contribution in [0.1, 0.15) is 84.4 Å². The zero-order valence-electron chi connectivity index (χ0n) is 40.2. The van der Waals surface area contributed by atoms with Crippen molar-refractivity contribution in [1.82, 2.24) is 4.98 Å². The van der Waals surface area contributed by atoms with E-state index in [2.05, 4.69) is 60.4 Å². The minimum Gasteiger partial charge on any atom is -0.435 e. The van der Waals surface area contributed by atoms with Crippen molar-refractivity contribution in [3.63, 3.8) is 0 Å². The second-order valence-electron chi connectivity index (χ2n) is 19.8. The topological polar surface area (TPSA) is 218 Å². The number of hydrogen-bond donors (Lipinski definition) is 3. The summed E-state index contributed by atoms with van der Waals surface area (Å²) in [6.45, 7) is 17.5. The van der Waals surface area contributed by atoms with Gasteiger partial charge in [-0.05, 0) is 102 Å². The molecule has 1 atom stereocenters. The number of carbonyl (C=O) groups excluding carboxylic acids is 3. The van der Waals surface area contributed by atoms with Gasteiger partial charge in [0.1, 0.15) is 17.2 Å². The number of carbonyl (C=O) groups is 3. The van der Waals surface area contributed by atoms with Crippen LogP contribution in [0, 0.1) is 29.1 Å². The number of amides is 2. The van der Waals surface area contributed by atoms with Crippen molar-refractivity contribution in [1.29, 1.82) is 5.26 Å². The number of fused-ring (bicyclic) bond motifs is 2. The van der Waals surface area contributed by atoms with E-state index >= 15 is 0 Å². The molecule has 69 heavy (non-hydrogen) atoms. The van der Waals surface area contributed by atoms with Crippen molar-refractivity contribution in [3.8, 4) is 6.07 Å². The largest absolute Gasteiger partial charge is 0.435 e. The van der Waals surface area contributed by atoms with E-state index in [1.165, 1.54) is 43.4 Å². The SMILES string of the molecule is Cc1cc(N(C)C(=O)OC(C(=O)Nc2cc(NS(=O)(=O)c3ccc(NS(C)(=O)=O)c4ccccc34)ccc2Cl)C(=O)C(C)(C)C)ccc1/C=C(\C#N)c1nc2cc(C(C)(C)CC(C)(C)C)ccc2o1. The summed E-state index contributed by atoms with van der Waals surface area (Å²) in [6.07, 6.45) is 0.556. The third-order valence-electron chi connectivity index (χ3n) is 11.1. The van der Waals surface area contributed by atoms with E-state index in [1.54, 1.807) is 70.2 Å². The van der Waals surface area contributed by atoms with E-state index in [4.69, 9.17) is 20.8 Å². The Balaban J connectivity index is 1.20. The molecule has 0 fully saturated rings. The lowest BCUT2D eigenvalue weighted by molar-refractivity contribution is -0.142. The molecule has 1 heterocycles. The number of Topliss-reactive ketones (excluding diaryl/α,β-unsaturated/α-hetero) is 1. The Labute approximate surface area is 408 Å². The van der Waals surface area contributed by atoms with Crippen LogP contribution < -0.4 is 19.7 Å². The smallest absolute Gasteiger partial charge is 0.415 e. The van der Waals surface area contributed by atoms with Crippen LogP contribution in [0.2, 0.25) is 5.02 Å².